The maximum atomic E-state index is 6.05. The molecule has 1 aliphatic rings. The highest BCUT2D eigenvalue weighted by Gasteiger charge is 2.51. The molecule has 116 valence electrons. The molecule has 5 heteroatoms. The minimum absolute atomic E-state index is 0.0607. The van der Waals surface area contributed by atoms with Crippen LogP contribution in [0.25, 0.3) is 0 Å². The molecule has 0 saturated carbocycles. The third-order valence-corrected chi connectivity index (χ3v) is 4.27. The molecule has 0 unspecified atom stereocenters. The van der Waals surface area contributed by atoms with E-state index in [1.807, 2.05) is 58.9 Å². The van der Waals surface area contributed by atoms with Crippen LogP contribution >= 0.6 is 0 Å². The Morgan fingerprint density at radius 3 is 2.33 bits per heavy atom. The summed E-state index contributed by atoms with van der Waals surface area (Å²) in [6, 6.07) is 7.84. The van der Waals surface area contributed by atoms with Crippen molar-refractivity contribution < 1.29 is 18.8 Å². The molecule has 1 saturated heterocycles. The SMILES string of the molecule is CO[C@H](C)COc1cccc(B2OC(C)(C)C(C)(C)O2)c1. The summed E-state index contributed by atoms with van der Waals surface area (Å²) in [5.41, 5.74) is 0.300. The zero-order valence-electron chi connectivity index (χ0n) is 13.8. The summed E-state index contributed by atoms with van der Waals surface area (Å²) in [7, 11) is 1.31. The topological polar surface area (TPSA) is 36.9 Å². The van der Waals surface area contributed by atoms with Crippen LogP contribution in [0.3, 0.4) is 0 Å². The van der Waals surface area contributed by atoms with Crippen molar-refractivity contribution in [2.75, 3.05) is 13.7 Å². The second-order valence-corrected chi connectivity index (χ2v) is 6.52. The molecule has 2 rings (SSSR count). The molecule has 0 radical (unpaired) electrons. The van der Waals surface area contributed by atoms with E-state index in [1.54, 1.807) is 7.11 Å². The van der Waals surface area contributed by atoms with Crippen LogP contribution in [0, 0.1) is 0 Å². The van der Waals surface area contributed by atoms with E-state index in [0.717, 1.165) is 11.2 Å². The van der Waals surface area contributed by atoms with Gasteiger partial charge in [-0.3, -0.25) is 0 Å². The molecule has 1 heterocycles. The molecule has 21 heavy (non-hydrogen) atoms. The smallest absolute Gasteiger partial charge is 0.491 e. The molecule has 0 aromatic heterocycles. The molecular formula is C16H25BO4. The molecule has 1 aromatic carbocycles. The van der Waals surface area contributed by atoms with Crippen LogP contribution in [0.15, 0.2) is 24.3 Å². The number of methoxy groups -OCH3 is 1. The Morgan fingerprint density at radius 2 is 1.76 bits per heavy atom. The normalized spacial score (nSPS) is 21.3. The van der Waals surface area contributed by atoms with Crippen molar-refractivity contribution in [3.8, 4) is 5.75 Å². The van der Waals surface area contributed by atoms with Crippen LogP contribution in [-0.4, -0.2) is 38.1 Å². The van der Waals surface area contributed by atoms with Crippen molar-refractivity contribution in [3.63, 3.8) is 0 Å². The van der Waals surface area contributed by atoms with Gasteiger partial charge in [0.1, 0.15) is 12.4 Å². The van der Waals surface area contributed by atoms with Gasteiger partial charge in [0.15, 0.2) is 0 Å². The lowest BCUT2D eigenvalue weighted by Gasteiger charge is -2.32. The summed E-state index contributed by atoms with van der Waals surface area (Å²) in [5.74, 6) is 0.797. The Kier molecular flexibility index (Phi) is 4.66. The summed E-state index contributed by atoms with van der Waals surface area (Å²) >= 11 is 0. The van der Waals surface area contributed by atoms with Crippen molar-refractivity contribution >= 4 is 12.6 Å². The highest BCUT2D eigenvalue weighted by Crippen LogP contribution is 2.36. The Labute approximate surface area is 127 Å². The lowest BCUT2D eigenvalue weighted by atomic mass is 9.79. The first-order valence-corrected chi connectivity index (χ1v) is 7.36. The standard InChI is InChI=1S/C16H25BO4/c1-12(18-6)11-19-14-9-7-8-13(10-14)17-20-15(2,3)16(4,5)21-17/h7-10,12H,11H2,1-6H3/t12-/m1/s1. The first-order chi connectivity index (χ1) is 9.75. The van der Waals surface area contributed by atoms with Crippen molar-refractivity contribution in [3.05, 3.63) is 24.3 Å². The predicted octanol–water partition coefficient (Wildman–Crippen LogP) is 2.40. The predicted molar refractivity (Wildman–Crippen MR) is 84.1 cm³/mol. The van der Waals surface area contributed by atoms with E-state index in [1.165, 1.54) is 0 Å². The fourth-order valence-electron chi connectivity index (χ4n) is 2.01. The summed E-state index contributed by atoms with van der Waals surface area (Å²) in [6.45, 7) is 10.7. The quantitative estimate of drug-likeness (QED) is 0.781. The van der Waals surface area contributed by atoms with Crippen LogP contribution in [0.4, 0.5) is 0 Å². The van der Waals surface area contributed by atoms with Crippen molar-refractivity contribution in [2.24, 2.45) is 0 Å². The van der Waals surface area contributed by atoms with Gasteiger partial charge in [0.2, 0.25) is 0 Å². The molecule has 0 aliphatic carbocycles. The fraction of sp³-hybridized carbons (Fsp3) is 0.625. The molecule has 4 nitrogen and oxygen atoms in total. The lowest BCUT2D eigenvalue weighted by Crippen LogP contribution is -2.41. The highest BCUT2D eigenvalue weighted by molar-refractivity contribution is 6.62. The third-order valence-electron chi connectivity index (χ3n) is 4.27. The van der Waals surface area contributed by atoms with Gasteiger partial charge in [0.05, 0.1) is 17.3 Å². The molecule has 0 amide bonds. The summed E-state index contributed by atoms with van der Waals surface area (Å²) in [5, 5.41) is 0. The van der Waals surface area contributed by atoms with E-state index < -0.39 is 0 Å². The average Bonchev–Trinajstić information content (AvgIpc) is 2.65. The van der Waals surface area contributed by atoms with Gasteiger partial charge in [-0.2, -0.15) is 0 Å². The fourth-order valence-corrected chi connectivity index (χ4v) is 2.01. The second kappa shape index (κ2) is 5.99. The van der Waals surface area contributed by atoms with Gasteiger partial charge in [0, 0.05) is 7.11 Å². The lowest BCUT2D eigenvalue weighted by molar-refractivity contribution is 0.00578. The van der Waals surface area contributed by atoms with Gasteiger partial charge in [-0.15, -0.1) is 0 Å². The van der Waals surface area contributed by atoms with Gasteiger partial charge >= 0.3 is 7.12 Å². The number of ether oxygens (including phenoxy) is 2. The molecule has 1 fully saturated rings. The largest absolute Gasteiger partial charge is 0.494 e. The van der Waals surface area contributed by atoms with E-state index in [9.17, 15) is 0 Å². The van der Waals surface area contributed by atoms with E-state index in [0.29, 0.717) is 6.61 Å². The van der Waals surface area contributed by atoms with Crippen LogP contribution in [0.5, 0.6) is 5.75 Å². The van der Waals surface area contributed by atoms with Gasteiger partial charge in [0.25, 0.3) is 0 Å². The van der Waals surface area contributed by atoms with Crippen molar-refractivity contribution in [1.29, 1.82) is 0 Å². The second-order valence-electron chi connectivity index (χ2n) is 6.52. The zero-order valence-corrected chi connectivity index (χ0v) is 13.8. The molecule has 1 aliphatic heterocycles. The summed E-state index contributed by atoms with van der Waals surface area (Å²) in [4.78, 5) is 0. The number of benzene rings is 1. The van der Waals surface area contributed by atoms with Crippen LogP contribution in [0.2, 0.25) is 0 Å². The minimum Gasteiger partial charge on any atom is -0.491 e. The highest BCUT2D eigenvalue weighted by atomic mass is 16.7. The first-order valence-electron chi connectivity index (χ1n) is 7.36. The van der Waals surface area contributed by atoms with Crippen LogP contribution < -0.4 is 10.2 Å². The van der Waals surface area contributed by atoms with E-state index >= 15 is 0 Å². The molecule has 0 bridgehead atoms. The minimum atomic E-state index is -0.363. The molecule has 1 aromatic rings. The van der Waals surface area contributed by atoms with Crippen molar-refractivity contribution in [1.82, 2.24) is 0 Å². The maximum Gasteiger partial charge on any atom is 0.494 e. The maximum absolute atomic E-state index is 6.05. The van der Waals surface area contributed by atoms with Gasteiger partial charge in [-0.25, -0.2) is 0 Å². The Bertz CT molecular complexity index is 471. The molecule has 0 spiro atoms. The zero-order chi connectivity index (χ0) is 15.7. The Balaban J connectivity index is 2.08. The average molecular weight is 292 g/mol. The van der Waals surface area contributed by atoms with Crippen LogP contribution in [0.1, 0.15) is 34.6 Å². The van der Waals surface area contributed by atoms with Gasteiger partial charge in [-0.1, -0.05) is 12.1 Å². The van der Waals surface area contributed by atoms with E-state index in [-0.39, 0.29) is 24.4 Å². The first kappa shape index (κ1) is 16.3. The number of hydrogen-bond acceptors (Lipinski definition) is 4. The molecule has 0 N–H and O–H groups in total. The molecule has 1 atom stereocenters. The molecular weight excluding hydrogens is 267 g/mol. The van der Waals surface area contributed by atoms with Gasteiger partial charge < -0.3 is 18.8 Å². The monoisotopic (exact) mass is 292 g/mol. The van der Waals surface area contributed by atoms with Crippen LogP contribution in [-0.2, 0) is 14.0 Å². The van der Waals surface area contributed by atoms with E-state index in [4.69, 9.17) is 18.8 Å². The van der Waals surface area contributed by atoms with Gasteiger partial charge in [-0.05, 0) is 52.2 Å². The summed E-state index contributed by atoms with van der Waals surface area (Å²) < 4.78 is 23.0. The number of rotatable bonds is 5. The summed E-state index contributed by atoms with van der Waals surface area (Å²) in [6.07, 6.45) is 0.0607. The van der Waals surface area contributed by atoms with Crippen molar-refractivity contribution in [2.45, 2.75) is 51.9 Å². The number of hydrogen-bond donors (Lipinski definition) is 0. The Morgan fingerprint density at radius 1 is 1.14 bits per heavy atom. The third kappa shape index (κ3) is 3.60. The Hall–Kier alpha value is -1.04. The van der Waals surface area contributed by atoms with E-state index in [2.05, 4.69) is 0 Å².